The lowest BCUT2D eigenvalue weighted by Crippen LogP contribution is -2.20. The summed E-state index contributed by atoms with van der Waals surface area (Å²) in [6.07, 6.45) is 2.66. The van der Waals surface area contributed by atoms with Crippen molar-refractivity contribution in [2.75, 3.05) is 18.5 Å². The highest BCUT2D eigenvalue weighted by molar-refractivity contribution is 7.13. The van der Waals surface area contributed by atoms with Crippen molar-refractivity contribution in [1.29, 1.82) is 0 Å². The molecular weight excluding hydrogens is 206 g/mol. The van der Waals surface area contributed by atoms with E-state index in [9.17, 15) is 0 Å². The molecule has 0 aromatic carbocycles. The molecule has 3 nitrogen and oxygen atoms in total. The first kappa shape index (κ1) is 10.9. The SMILES string of the molecule is CCNC(C)c1csc(N(C)C2CC2)n1. The van der Waals surface area contributed by atoms with Crippen LogP contribution < -0.4 is 10.2 Å². The average Bonchev–Trinajstić information content (AvgIpc) is 2.95. The van der Waals surface area contributed by atoms with Crippen molar-refractivity contribution >= 4 is 16.5 Å². The molecule has 1 aromatic rings. The van der Waals surface area contributed by atoms with Gasteiger partial charge in [-0.05, 0) is 26.3 Å². The summed E-state index contributed by atoms with van der Waals surface area (Å²) in [7, 11) is 2.15. The Morgan fingerprint density at radius 2 is 2.40 bits per heavy atom. The van der Waals surface area contributed by atoms with Gasteiger partial charge in [-0.15, -0.1) is 11.3 Å². The van der Waals surface area contributed by atoms with Crippen LogP contribution in [-0.4, -0.2) is 24.6 Å². The molecule has 0 aliphatic heterocycles. The molecule has 15 heavy (non-hydrogen) atoms. The fourth-order valence-corrected chi connectivity index (χ4v) is 2.62. The molecule has 1 aromatic heterocycles. The van der Waals surface area contributed by atoms with Crippen molar-refractivity contribution in [3.05, 3.63) is 11.1 Å². The van der Waals surface area contributed by atoms with E-state index in [2.05, 4.69) is 41.5 Å². The fraction of sp³-hybridized carbons (Fsp3) is 0.727. The molecule has 1 atom stereocenters. The third kappa shape index (κ3) is 2.49. The van der Waals surface area contributed by atoms with Gasteiger partial charge in [-0.2, -0.15) is 0 Å². The van der Waals surface area contributed by atoms with Gasteiger partial charge in [0.2, 0.25) is 0 Å². The number of anilines is 1. The minimum atomic E-state index is 0.368. The second-order valence-electron chi connectivity index (χ2n) is 4.18. The monoisotopic (exact) mass is 225 g/mol. The first-order valence-corrected chi connectivity index (χ1v) is 6.52. The molecule has 0 spiro atoms. The molecule has 0 bridgehead atoms. The van der Waals surface area contributed by atoms with E-state index in [1.54, 1.807) is 11.3 Å². The summed E-state index contributed by atoms with van der Waals surface area (Å²) < 4.78 is 0. The van der Waals surface area contributed by atoms with Crippen LogP contribution in [0.2, 0.25) is 0 Å². The Bertz CT molecular complexity index is 319. The lowest BCUT2D eigenvalue weighted by Gasteiger charge is -2.14. The highest BCUT2D eigenvalue weighted by atomic mass is 32.1. The molecule has 1 saturated carbocycles. The molecule has 1 heterocycles. The molecule has 1 aliphatic rings. The van der Waals surface area contributed by atoms with Crippen LogP contribution in [0.5, 0.6) is 0 Å². The van der Waals surface area contributed by atoms with Crippen LogP contribution in [-0.2, 0) is 0 Å². The first-order chi connectivity index (χ1) is 7.22. The van der Waals surface area contributed by atoms with Gasteiger partial charge in [0.25, 0.3) is 0 Å². The smallest absolute Gasteiger partial charge is 0.185 e. The van der Waals surface area contributed by atoms with Crippen molar-refractivity contribution in [3.63, 3.8) is 0 Å². The molecule has 0 amide bonds. The van der Waals surface area contributed by atoms with Gasteiger partial charge in [0.05, 0.1) is 5.69 Å². The number of rotatable bonds is 5. The van der Waals surface area contributed by atoms with Crippen LogP contribution >= 0.6 is 11.3 Å². The molecule has 1 unspecified atom stereocenters. The van der Waals surface area contributed by atoms with Gasteiger partial charge in [0, 0.05) is 24.5 Å². The van der Waals surface area contributed by atoms with E-state index in [-0.39, 0.29) is 0 Å². The predicted octanol–water partition coefficient (Wildman–Crippen LogP) is 2.41. The van der Waals surface area contributed by atoms with Crippen LogP contribution in [0.3, 0.4) is 0 Å². The van der Waals surface area contributed by atoms with Crippen molar-refractivity contribution in [1.82, 2.24) is 10.3 Å². The maximum Gasteiger partial charge on any atom is 0.185 e. The van der Waals surface area contributed by atoms with Gasteiger partial charge >= 0.3 is 0 Å². The zero-order valence-corrected chi connectivity index (χ0v) is 10.5. The third-order valence-corrected chi connectivity index (χ3v) is 3.81. The summed E-state index contributed by atoms with van der Waals surface area (Å²) >= 11 is 1.75. The summed E-state index contributed by atoms with van der Waals surface area (Å²) in [5, 5.41) is 6.72. The standard InChI is InChI=1S/C11H19N3S/c1-4-12-8(2)10-7-15-11(13-10)14(3)9-5-6-9/h7-9,12H,4-6H2,1-3H3. The average molecular weight is 225 g/mol. The normalized spacial score (nSPS) is 17.8. The van der Waals surface area contributed by atoms with E-state index < -0.39 is 0 Å². The largest absolute Gasteiger partial charge is 0.348 e. The first-order valence-electron chi connectivity index (χ1n) is 5.64. The summed E-state index contributed by atoms with van der Waals surface area (Å²) in [5.74, 6) is 0. The lowest BCUT2D eigenvalue weighted by molar-refractivity contribution is 0.586. The van der Waals surface area contributed by atoms with Gasteiger partial charge < -0.3 is 10.2 Å². The number of nitrogens with one attached hydrogen (secondary N) is 1. The molecule has 0 radical (unpaired) electrons. The Morgan fingerprint density at radius 3 is 3.00 bits per heavy atom. The topological polar surface area (TPSA) is 28.2 Å². The van der Waals surface area contributed by atoms with E-state index in [0.29, 0.717) is 6.04 Å². The maximum atomic E-state index is 4.67. The van der Waals surface area contributed by atoms with Gasteiger partial charge in [-0.1, -0.05) is 6.92 Å². The molecule has 2 rings (SSSR count). The Hall–Kier alpha value is -0.610. The van der Waals surface area contributed by atoms with E-state index in [1.807, 2.05) is 0 Å². The Kier molecular flexibility index (Phi) is 3.26. The minimum absolute atomic E-state index is 0.368. The number of aromatic nitrogens is 1. The zero-order chi connectivity index (χ0) is 10.8. The van der Waals surface area contributed by atoms with E-state index in [1.165, 1.54) is 18.5 Å². The molecule has 84 valence electrons. The van der Waals surface area contributed by atoms with Gasteiger partial charge in [0.15, 0.2) is 5.13 Å². The molecule has 0 saturated heterocycles. The molecule has 4 heteroatoms. The Balaban J connectivity index is 2.02. The quantitative estimate of drug-likeness (QED) is 0.834. The van der Waals surface area contributed by atoms with Crippen molar-refractivity contribution in [3.8, 4) is 0 Å². The fourth-order valence-electron chi connectivity index (χ4n) is 1.67. The second-order valence-corrected chi connectivity index (χ2v) is 5.01. The molecule has 1 fully saturated rings. The number of hydrogen-bond acceptors (Lipinski definition) is 4. The van der Waals surface area contributed by atoms with Crippen LogP contribution in [0.1, 0.15) is 38.4 Å². The zero-order valence-electron chi connectivity index (χ0n) is 9.66. The lowest BCUT2D eigenvalue weighted by atomic mass is 10.3. The van der Waals surface area contributed by atoms with Crippen molar-refractivity contribution in [2.24, 2.45) is 0 Å². The van der Waals surface area contributed by atoms with Crippen LogP contribution in [0, 0.1) is 0 Å². The van der Waals surface area contributed by atoms with E-state index >= 15 is 0 Å². The van der Waals surface area contributed by atoms with Crippen molar-refractivity contribution < 1.29 is 0 Å². The highest BCUT2D eigenvalue weighted by Gasteiger charge is 2.28. The minimum Gasteiger partial charge on any atom is -0.348 e. The Labute approximate surface area is 95.5 Å². The predicted molar refractivity (Wildman–Crippen MR) is 65.6 cm³/mol. The summed E-state index contributed by atoms with van der Waals surface area (Å²) in [6.45, 7) is 5.28. The van der Waals surface area contributed by atoms with E-state index in [4.69, 9.17) is 0 Å². The summed E-state index contributed by atoms with van der Waals surface area (Å²) in [6, 6.07) is 1.12. The third-order valence-electron chi connectivity index (χ3n) is 2.86. The van der Waals surface area contributed by atoms with Gasteiger partial charge in [-0.25, -0.2) is 4.98 Å². The number of nitrogens with zero attached hydrogens (tertiary/aromatic N) is 2. The molecule has 1 aliphatic carbocycles. The van der Waals surface area contributed by atoms with E-state index in [0.717, 1.165) is 17.7 Å². The highest BCUT2D eigenvalue weighted by Crippen LogP contribution is 2.32. The second kappa shape index (κ2) is 4.49. The van der Waals surface area contributed by atoms with Crippen LogP contribution in [0.25, 0.3) is 0 Å². The van der Waals surface area contributed by atoms with Gasteiger partial charge in [-0.3, -0.25) is 0 Å². The molecule has 1 N–H and O–H groups in total. The number of hydrogen-bond donors (Lipinski definition) is 1. The Morgan fingerprint density at radius 1 is 1.67 bits per heavy atom. The van der Waals surface area contributed by atoms with Gasteiger partial charge in [0.1, 0.15) is 0 Å². The summed E-state index contributed by atoms with van der Waals surface area (Å²) in [5.41, 5.74) is 1.17. The summed E-state index contributed by atoms with van der Waals surface area (Å²) in [4.78, 5) is 6.98. The van der Waals surface area contributed by atoms with Crippen molar-refractivity contribution in [2.45, 2.75) is 38.8 Å². The van der Waals surface area contributed by atoms with Crippen LogP contribution in [0.4, 0.5) is 5.13 Å². The maximum absolute atomic E-state index is 4.67. The number of thiazole rings is 1. The van der Waals surface area contributed by atoms with Crippen LogP contribution in [0.15, 0.2) is 5.38 Å². The molecular formula is C11H19N3S.